The summed E-state index contributed by atoms with van der Waals surface area (Å²) in [4.78, 5) is 0. The van der Waals surface area contributed by atoms with Gasteiger partial charge in [0, 0.05) is 25.2 Å². The number of thiocarbonyl (C=S) groups is 2. The molecule has 4 nitrogen and oxygen atoms in total. The van der Waals surface area contributed by atoms with Crippen molar-refractivity contribution in [2.45, 2.75) is 50.9 Å². The van der Waals surface area contributed by atoms with Crippen LogP contribution < -0.4 is 21.3 Å². The van der Waals surface area contributed by atoms with Crippen LogP contribution in [0.1, 0.15) is 36.8 Å². The van der Waals surface area contributed by atoms with E-state index >= 15 is 0 Å². The largest absolute Gasteiger partial charge is 0.359 e. The molecule has 0 saturated heterocycles. The Kier molecular flexibility index (Phi) is 8.06. The van der Waals surface area contributed by atoms with Crippen molar-refractivity contribution in [1.29, 1.82) is 0 Å². The number of hydrogen-bond donors (Lipinski definition) is 4. The van der Waals surface area contributed by atoms with E-state index in [0.29, 0.717) is 10.2 Å². The molecule has 0 heterocycles. The van der Waals surface area contributed by atoms with E-state index in [1.165, 1.54) is 24.0 Å². The van der Waals surface area contributed by atoms with E-state index in [4.69, 9.17) is 24.4 Å². The molecule has 0 amide bonds. The lowest BCUT2D eigenvalue weighted by atomic mass is 9.90. The summed E-state index contributed by atoms with van der Waals surface area (Å²) in [6.45, 7) is 1.46. The van der Waals surface area contributed by atoms with Crippen LogP contribution >= 0.6 is 24.4 Å². The Balaban J connectivity index is 1.45. The van der Waals surface area contributed by atoms with Crippen LogP contribution in [0.3, 0.4) is 0 Å². The van der Waals surface area contributed by atoms with E-state index in [-0.39, 0.29) is 12.1 Å². The normalized spacial score (nSPS) is 18.7. The monoisotopic (exact) mass is 412 g/mol. The minimum absolute atomic E-state index is 0.279. The summed E-state index contributed by atoms with van der Waals surface area (Å²) in [5.74, 6) is 0. The van der Waals surface area contributed by atoms with Crippen molar-refractivity contribution in [3.8, 4) is 0 Å². The molecule has 6 heteroatoms. The summed E-state index contributed by atoms with van der Waals surface area (Å²) in [5, 5.41) is 15.0. The second-order valence-corrected chi connectivity index (χ2v) is 7.94. The van der Waals surface area contributed by atoms with Gasteiger partial charge < -0.3 is 21.3 Å². The minimum atomic E-state index is 0.279. The van der Waals surface area contributed by atoms with Crippen LogP contribution in [-0.4, -0.2) is 22.3 Å². The molecule has 0 aromatic heterocycles. The van der Waals surface area contributed by atoms with Crippen molar-refractivity contribution >= 4 is 34.7 Å². The highest BCUT2D eigenvalue weighted by molar-refractivity contribution is 7.80. The molecule has 0 radical (unpaired) electrons. The smallest absolute Gasteiger partial charge is 0.166 e. The fourth-order valence-electron chi connectivity index (χ4n) is 3.47. The quantitative estimate of drug-likeness (QED) is 0.544. The van der Waals surface area contributed by atoms with Crippen molar-refractivity contribution in [2.75, 3.05) is 0 Å². The first kappa shape index (κ1) is 20.6. The Bertz CT molecular complexity index is 686. The van der Waals surface area contributed by atoms with Gasteiger partial charge in [-0.1, -0.05) is 73.5 Å². The predicted octanol–water partition coefficient (Wildman–Crippen LogP) is 3.63. The number of hydrogen-bond acceptors (Lipinski definition) is 2. The fraction of sp³-hybridized carbons (Fsp3) is 0.364. The summed E-state index contributed by atoms with van der Waals surface area (Å²) in [5.41, 5.74) is 2.44. The third-order valence-corrected chi connectivity index (χ3v) is 5.52. The molecule has 2 aromatic rings. The van der Waals surface area contributed by atoms with Gasteiger partial charge in [0.2, 0.25) is 0 Å². The van der Waals surface area contributed by atoms with Crippen LogP contribution in [0.15, 0.2) is 60.7 Å². The Morgan fingerprint density at radius 1 is 0.679 bits per heavy atom. The first-order chi connectivity index (χ1) is 13.7. The van der Waals surface area contributed by atoms with E-state index in [1.54, 1.807) is 0 Å². The molecule has 1 fully saturated rings. The third kappa shape index (κ3) is 6.77. The first-order valence-corrected chi connectivity index (χ1v) is 10.7. The SMILES string of the molecule is S=C(NCc1ccccc1)N[C@H]1CCCC[C@H]1NC(=S)NCc1ccccc1. The Morgan fingerprint density at radius 3 is 1.46 bits per heavy atom. The first-order valence-electron chi connectivity index (χ1n) is 9.87. The molecule has 28 heavy (non-hydrogen) atoms. The third-order valence-electron chi connectivity index (χ3n) is 4.99. The zero-order chi connectivity index (χ0) is 19.6. The highest BCUT2D eigenvalue weighted by Crippen LogP contribution is 2.18. The topological polar surface area (TPSA) is 48.1 Å². The molecule has 0 spiro atoms. The van der Waals surface area contributed by atoms with Crippen LogP contribution in [0.4, 0.5) is 0 Å². The maximum Gasteiger partial charge on any atom is 0.166 e. The van der Waals surface area contributed by atoms with Crippen LogP contribution in [0.2, 0.25) is 0 Å². The molecular formula is C22H28N4S2. The van der Waals surface area contributed by atoms with Gasteiger partial charge in [-0.05, 0) is 48.4 Å². The summed E-state index contributed by atoms with van der Waals surface area (Å²) < 4.78 is 0. The summed E-state index contributed by atoms with van der Waals surface area (Å²) >= 11 is 11.0. The van der Waals surface area contributed by atoms with Crippen LogP contribution in [0, 0.1) is 0 Å². The van der Waals surface area contributed by atoms with E-state index in [2.05, 4.69) is 45.5 Å². The Morgan fingerprint density at radius 2 is 1.07 bits per heavy atom. The van der Waals surface area contributed by atoms with Gasteiger partial charge in [0.1, 0.15) is 0 Å². The maximum atomic E-state index is 5.52. The van der Waals surface area contributed by atoms with E-state index < -0.39 is 0 Å². The lowest BCUT2D eigenvalue weighted by Crippen LogP contribution is -2.56. The zero-order valence-corrected chi connectivity index (χ0v) is 17.6. The van der Waals surface area contributed by atoms with E-state index in [0.717, 1.165) is 25.9 Å². The highest BCUT2D eigenvalue weighted by Gasteiger charge is 2.26. The standard InChI is InChI=1S/C22H28N4S2/c27-21(23-15-17-9-3-1-4-10-17)25-19-13-7-8-14-20(19)26-22(28)24-16-18-11-5-2-6-12-18/h1-6,9-12,19-20H,7-8,13-16H2,(H2,23,25,27)(H2,24,26,28)/t19-,20+. The van der Waals surface area contributed by atoms with Gasteiger partial charge in [-0.2, -0.15) is 0 Å². The molecule has 0 unspecified atom stereocenters. The average molecular weight is 413 g/mol. The molecule has 0 bridgehead atoms. The predicted molar refractivity (Wildman–Crippen MR) is 124 cm³/mol. The summed E-state index contributed by atoms with van der Waals surface area (Å²) in [6.07, 6.45) is 4.60. The van der Waals surface area contributed by atoms with Gasteiger partial charge in [-0.15, -0.1) is 0 Å². The van der Waals surface area contributed by atoms with E-state index in [9.17, 15) is 0 Å². The molecule has 2 atom stereocenters. The second kappa shape index (κ2) is 11.0. The molecule has 1 aliphatic rings. The highest BCUT2D eigenvalue weighted by atomic mass is 32.1. The number of benzene rings is 2. The zero-order valence-electron chi connectivity index (χ0n) is 16.0. The number of rotatable bonds is 6. The fourth-order valence-corrected chi connectivity index (χ4v) is 3.92. The average Bonchev–Trinajstić information content (AvgIpc) is 2.74. The molecule has 148 valence electrons. The lowest BCUT2D eigenvalue weighted by Gasteiger charge is -2.34. The van der Waals surface area contributed by atoms with Gasteiger partial charge >= 0.3 is 0 Å². The molecule has 0 aliphatic heterocycles. The molecule has 2 aromatic carbocycles. The van der Waals surface area contributed by atoms with Gasteiger partial charge in [-0.25, -0.2) is 0 Å². The van der Waals surface area contributed by atoms with Gasteiger partial charge in [0.05, 0.1) is 0 Å². The summed E-state index contributed by atoms with van der Waals surface area (Å²) in [7, 11) is 0. The van der Waals surface area contributed by atoms with Gasteiger partial charge in [-0.3, -0.25) is 0 Å². The number of nitrogens with one attached hydrogen (secondary N) is 4. The molecule has 3 rings (SSSR count). The maximum absolute atomic E-state index is 5.52. The van der Waals surface area contributed by atoms with Gasteiger partial charge in [0.15, 0.2) is 10.2 Å². The lowest BCUT2D eigenvalue weighted by molar-refractivity contribution is 0.336. The summed E-state index contributed by atoms with van der Waals surface area (Å²) in [6, 6.07) is 21.1. The van der Waals surface area contributed by atoms with Crippen molar-refractivity contribution in [3.05, 3.63) is 71.8 Å². The van der Waals surface area contributed by atoms with Crippen molar-refractivity contribution in [2.24, 2.45) is 0 Å². The minimum Gasteiger partial charge on any atom is -0.359 e. The van der Waals surface area contributed by atoms with Crippen LogP contribution in [0.5, 0.6) is 0 Å². The van der Waals surface area contributed by atoms with Crippen molar-refractivity contribution in [3.63, 3.8) is 0 Å². The van der Waals surface area contributed by atoms with Crippen LogP contribution in [-0.2, 0) is 13.1 Å². The van der Waals surface area contributed by atoms with Crippen molar-refractivity contribution in [1.82, 2.24) is 21.3 Å². The van der Waals surface area contributed by atoms with Crippen LogP contribution in [0.25, 0.3) is 0 Å². The van der Waals surface area contributed by atoms with Gasteiger partial charge in [0.25, 0.3) is 0 Å². The Labute approximate surface area is 178 Å². The Hall–Kier alpha value is -2.18. The molecule has 1 aliphatic carbocycles. The second-order valence-electron chi connectivity index (χ2n) is 7.12. The molecule has 1 saturated carbocycles. The molecule has 4 N–H and O–H groups in total. The van der Waals surface area contributed by atoms with Crippen molar-refractivity contribution < 1.29 is 0 Å². The molecular weight excluding hydrogens is 384 g/mol. The van der Waals surface area contributed by atoms with E-state index in [1.807, 2.05) is 36.4 Å².